The van der Waals surface area contributed by atoms with Gasteiger partial charge in [0.1, 0.15) is 11.5 Å². The van der Waals surface area contributed by atoms with E-state index in [0.29, 0.717) is 0 Å². The summed E-state index contributed by atoms with van der Waals surface area (Å²) < 4.78 is 6.78. The van der Waals surface area contributed by atoms with Crippen LogP contribution in [0.25, 0.3) is 22.5 Å². The molecule has 0 radical (unpaired) electrons. The van der Waals surface area contributed by atoms with Crippen LogP contribution in [0.5, 0.6) is 11.5 Å². The van der Waals surface area contributed by atoms with Gasteiger partial charge in [-0.1, -0.05) is 65.8 Å². The second-order valence-electron chi connectivity index (χ2n) is 14.2. The van der Waals surface area contributed by atoms with Crippen molar-refractivity contribution in [2.75, 3.05) is 0 Å². The molecule has 236 valence electrons. The Hall–Kier alpha value is -4.33. The van der Waals surface area contributed by atoms with Gasteiger partial charge in [0.2, 0.25) is 0 Å². The number of ether oxygens (including phenoxy) is 1. The van der Waals surface area contributed by atoms with Gasteiger partial charge in [-0.2, -0.15) is 42.5 Å². The van der Waals surface area contributed by atoms with Crippen molar-refractivity contribution in [3.63, 3.8) is 0 Å². The van der Waals surface area contributed by atoms with Crippen LogP contribution in [0.2, 0.25) is 0 Å². The maximum atomic E-state index is 6.78. The van der Waals surface area contributed by atoms with Crippen molar-refractivity contribution in [2.45, 2.75) is 57.8 Å². The first-order valence-electron chi connectivity index (χ1n) is 15.9. The van der Waals surface area contributed by atoms with Gasteiger partial charge in [0.25, 0.3) is 0 Å². The summed E-state index contributed by atoms with van der Waals surface area (Å²) in [6, 6.07) is 47.3. The van der Waals surface area contributed by atoms with Gasteiger partial charge in [-0.3, -0.25) is 4.98 Å². The third-order valence-corrected chi connectivity index (χ3v) is 8.98. The molecule has 0 bridgehead atoms. The van der Waals surface area contributed by atoms with Crippen molar-refractivity contribution in [2.24, 2.45) is 0 Å². The van der Waals surface area contributed by atoms with Crippen LogP contribution in [0.1, 0.15) is 75.1 Å². The molecule has 6 aromatic rings. The number of benzene rings is 4. The van der Waals surface area contributed by atoms with Gasteiger partial charge < -0.3 is 4.74 Å². The van der Waals surface area contributed by atoms with Crippen LogP contribution < -0.4 is 4.74 Å². The fourth-order valence-corrected chi connectivity index (χ4v) is 6.43. The summed E-state index contributed by atoms with van der Waals surface area (Å²) in [4.78, 5) is 10.1. The zero-order valence-electron chi connectivity index (χ0n) is 27.7. The fourth-order valence-electron chi connectivity index (χ4n) is 6.43. The van der Waals surface area contributed by atoms with E-state index in [1.54, 1.807) is 0 Å². The summed E-state index contributed by atoms with van der Waals surface area (Å²) in [5.41, 5.74) is 9.05. The summed E-state index contributed by atoms with van der Waals surface area (Å²) in [5, 5.41) is 0. The monoisotopic (exact) mass is 793 g/mol. The molecule has 1 aliphatic rings. The van der Waals surface area contributed by atoms with Gasteiger partial charge in [-0.15, -0.1) is 17.7 Å². The van der Waals surface area contributed by atoms with Crippen LogP contribution >= 0.6 is 0 Å². The zero-order chi connectivity index (χ0) is 32.1. The molecule has 0 N–H and O–H groups in total. The first kappa shape index (κ1) is 32.6. The average Bonchev–Trinajstić information content (AvgIpc) is 3.07. The van der Waals surface area contributed by atoms with Crippen molar-refractivity contribution in [3.05, 3.63) is 167 Å². The zero-order valence-corrected chi connectivity index (χ0v) is 29.9. The van der Waals surface area contributed by atoms with E-state index in [-0.39, 0.29) is 31.9 Å². The molecule has 0 unspecified atom stereocenters. The molecule has 0 fully saturated rings. The molecule has 0 atom stereocenters. The molecule has 0 aliphatic carbocycles. The Morgan fingerprint density at radius 3 is 1.83 bits per heavy atom. The number of fused-ring (bicyclic) bond motifs is 2. The predicted molar refractivity (Wildman–Crippen MR) is 186 cm³/mol. The maximum Gasteiger partial charge on any atom is 2.00 e. The van der Waals surface area contributed by atoms with E-state index in [1.807, 2.05) is 48.7 Å². The summed E-state index contributed by atoms with van der Waals surface area (Å²) in [6.07, 6.45) is 1.82. The summed E-state index contributed by atoms with van der Waals surface area (Å²) >= 11 is 0. The van der Waals surface area contributed by atoms with Gasteiger partial charge in [-0.05, 0) is 70.5 Å². The van der Waals surface area contributed by atoms with Gasteiger partial charge in [0.15, 0.2) is 0 Å². The molecule has 0 amide bonds. The van der Waals surface area contributed by atoms with E-state index in [2.05, 4.69) is 131 Å². The summed E-state index contributed by atoms with van der Waals surface area (Å²) in [7, 11) is 0. The fraction of sp³-hybridized carbons (Fsp3) is 0.209. The molecule has 4 heteroatoms. The minimum Gasteiger partial charge on any atom is -0.457 e. The number of nitrogens with zero attached hydrogens (tertiary/aromatic N) is 2. The molecule has 0 spiro atoms. The maximum absolute atomic E-state index is 6.78. The Morgan fingerprint density at radius 2 is 1.23 bits per heavy atom. The van der Waals surface area contributed by atoms with E-state index in [9.17, 15) is 0 Å². The second kappa shape index (κ2) is 12.4. The Balaban J connectivity index is 0.00000386. The molecule has 3 heterocycles. The molecule has 7 rings (SSSR count). The first-order valence-corrected chi connectivity index (χ1v) is 15.9. The molecular weight excluding hydrogens is 756 g/mol. The Bertz CT molecular complexity index is 1890. The molecule has 2 aromatic heterocycles. The quantitative estimate of drug-likeness (QED) is 0.167. The molecule has 3 nitrogen and oxygen atoms in total. The van der Waals surface area contributed by atoms with Crippen molar-refractivity contribution < 1.29 is 25.8 Å². The Kier molecular flexibility index (Phi) is 8.57. The Labute approximate surface area is 293 Å². The van der Waals surface area contributed by atoms with Crippen LogP contribution in [0.4, 0.5) is 0 Å². The Morgan fingerprint density at radius 1 is 0.617 bits per heavy atom. The minimum atomic E-state index is -0.846. The van der Waals surface area contributed by atoms with Gasteiger partial charge in [0, 0.05) is 17.3 Å². The van der Waals surface area contributed by atoms with Crippen molar-refractivity contribution in [1.82, 2.24) is 9.97 Å². The largest absolute Gasteiger partial charge is 2.00 e. The number of pyridine rings is 2. The van der Waals surface area contributed by atoms with Crippen molar-refractivity contribution >= 4 is 0 Å². The summed E-state index contributed by atoms with van der Waals surface area (Å²) in [6.45, 7) is 13.5. The van der Waals surface area contributed by atoms with Crippen LogP contribution in [-0.2, 0) is 37.3 Å². The average molecular weight is 794 g/mol. The van der Waals surface area contributed by atoms with E-state index in [4.69, 9.17) is 9.72 Å². The number of hydrogen-bond donors (Lipinski definition) is 0. The van der Waals surface area contributed by atoms with E-state index >= 15 is 0 Å². The van der Waals surface area contributed by atoms with E-state index in [0.717, 1.165) is 56.4 Å². The first-order chi connectivity index (χ1) is 22.0. The predicted octanol–water partition coefficient (Wildman–Crippen LogP) is 10.5. The minimum absolute atomic E-state index is 0. The second-order valence-corrected chi connectivity index (χ2v) is 14.2. The van der Waals surface area contributed by atoms with Gasteiger partial charge >= 0.3 is 21.1 Å². The normalized spacial score (nSPS) is 13.5. The van der Waals surface area contributed by atoms with E-state index < -0.39 is 5.41 Å². The van der Waals surface area contributed by atoms with E-state index in [1.165, 1.54) is 11.1 Å². The molecule has 1 aliphatic heterocycles. The van der Waals surface area contributed by atoms with Crippen molar-refractivity contribution in [1.29, 1.82) is 0 Å². The molecule has 47 heavy (non-hydrogen) atoms. The smallest absolute Gasteiger partial charge is 0.457 e. The van der Waals surface area contributed by atoms with Gasteiger partial charge in [-0.25, -0.2) is 16.1 Å². The number of hydrogen-bond acceptors (Lipinski definition) is 3. The third kappa shape index (κ3) is 5.87. The SMILES string of the molecule is CC(C)(C)c1ccc2c(c1)C(c1[c-]c(-c3[c-]cccc3)ccc1)(c1cccc(-c3ccccn3)n1)c1cc(C(C)(C)C)ccc1O2.[Pt+2]. The van der Waals surface area contributed by atoms with Crippen LogP contribution in [0, 0.1) is 12.1 Å². The van der Waals surface area contributed by atoms with Crippen LogP contribution in [0.15, 0.2) is 121 Å². The van der Waals surface area contributed by atoms with Gasteiger partial charge in [0.05, 0.1) is 22.5 Å². The van der Waals surface area contributed by atoms with Crippen molar-refractivity contribution in [3.8, 4) is 34.0 Å². The molecule has 0 saturated carbocycles. The van der Waals surface area contributed by atoms with Crippen LogP contribution in [-0.4, -0.2) is 9.97 Å². The number of rotatable bonds is 4. The number of aromatic nitrogens is 2. The van der Waals surface area contributed by atoms with Crippen LogP contribution in [0.3, 0.4) is 0 Å². The summed E-state index contributed by atoms with van der Waals surface area (Å²) in [5.74, 6) is 1.64. The standard InChI is InChI=1S/C43H38N2O.Pt/c1-41(2,3)31-21-23-38-34(27-31)43(35-28-32(42(4,5)6)22-24-39(35)46-38,33-17-12-16-30(26-33)29-14-8-7-9-15-29)40-20-13-19-37(45-40)36-18-10-11-25-44-36;/h7-14,16-25,27-28H,1-6H3;/q-2;+2. The molecule has 0 saturated heterocycles. The topological polar surface area (TPSA) is 35.0 Å². The third-order valence-electron chi connectivity index (χ3n) is 8.98. The molecule has 4 aromatic carbocycles. The molecular formula is C43H38N2OPt.